The highest BCUT2D eigenvalue weighted by Crippen LogP contribution is 2.46. The number of benzene rings is 1. The van der Waals surface area contributed by atoms with Gasteiger partial charge in [0.15, 0.2) is 5.82 Å². The van der Waals surface area contributed by atoms with Crippen molar-refractivity contribution in [1.29, 1.82) is 0 Å². The van der Waals surface area contributed by atoms with Crippen molar-refractivity contribution in [3.05, 3.63) is 33.5 Å². The number of halogens is 3. The number of pyridine rings is 1. The summed E-state index contributed by atoms with van der Waals surface area (Å²) in [5.41, 5.74) is 0.160. The van der Waals surface area contributed by atoms with Gasteiger partial charge < -0.3 is 19.5 Å². The molecule has 1 aliphatic heterocycles. The number of hydrogen-bond acceptors (Lipinski definition) is 7. The van der Waals surface area contributed by atoms with Gasteiger partial charge in [0.2, 0.25) is 0 Å². The number of methoxy groups -OCH3 is 2. The van der Waals surface area contributed by atoms with E-state index in [1.165, 1.54) is 14.2 Å². The molecule has 1 N–H and O–H groups in total. The highest BCUT2D eigenvalue weighted by atomic mass is 35.5. The average Bonchev–Trinajstić information content (AvgIpc) is 2.66. The summed E-state index contributed by atoms with van der Waals surface area (Å²) in [4.78, 5) is 15.4. The van der Waals surface area contributed by atoms with Crippen molar-refractivity contribution >= 4 is 51.5 Å². The Kier molecular flexibility index (Phi) is 5.11. The first-order valence-electron chi connectivity index (χ1n) is 8.65. The first-order chi connectivity index (χ1) is 13.7. The zero-order valence-electron chi connectivity index (χ0n) is 15.8. The molecule has 1 aliphatic rings. The van der Waals surface area contributed by atoms with Gasteiger partial charge in [-0.2, -0.15) is 0 Å². The quantitative estimate of drug-likeness (QED) is 0.589. The van der Waals surface area contributed by atoms with Crippen molar-refractivity contribution in [3.63, 3.8) is 0 Å². The van der Waals surface area contributed by atoms with E-state index in [1.807, 2.05) is 4.90 Å². The van der Waals surface area contributed by atoms with E-state index in [4.69, 9.17) is 49.3 Å². The molecule has 2 aromatic heterocycles. The molecule has 7 nitrogen and oxygen atoms in total. The first-order valence-corrected chi connectivity index (χ1v) is 9.78. The highest BCUT2D eigenvalue weighted by molar-refractivity contribution is 6.41. The molecule has 0 saturated carbocycles. The molecule has 0 unspecified atom stereocenters. The lowest BCUT2D eigenvalue weighted by molar-refractivity contribution is 0.0307. The molecule has 3 aromatic rings. The summed E-state index contributed by atoms with van der Waals surface area (Å²) in [6.07, 6.45) is 1.56. The largest absolute Gasteiger partial charge is 0.495 e. The molecule has 0 spiro atoms. The van der Waals surface area contributed by atoms with Crippen LogP contribution >= 0.6 is 34.8 Å². The lowest BCUT2D eigenvalue weighted by Gasteiger charge is -2.45. The summed E-state index contributed by atoms with van der Waals surface area (Å²) >= 11 is 19.2. The van der Waals surface area contributed by atoms with Gasteiger partial charge in [-0.05, 0) is 13.0 Å². The van der Waals surface area contributed by atoms with E-state index in [1.54, 1.807) is 25.3 Å². The molecule has 0 atom stereocenters. The second kappa shape index (κ2) is 7.32. The van der Waals surface area contributed by atoms with Gasteiger partial charge in [0, 0.05) is 24.5 Å². The Morgan fingerprint density at radius 1 is 1.03 bits per heavy atom. The molecule has 4 rings (SSSR count). The Morgan fingerprint density at radius 2 is 1.66 bits per heavy atom. The molecular formula is C19H17Cl3N4O3. The minimum atomic E-state index is -0.789. The van der Waals surface area contributed by atoms with Gasteiger partial charge in [-0.1, -0.05) is 34.8 Å². The Bertz CT molecular complexity index is 1090. The lowest BCUT2D eigenvalue weighted by Crippen LogP contribution is -2.60. The van der Waals surface area contributed by atoms with Crippen LogP contribution in [0.1, 0.15) is 6.92 Å². The summed E-state index contributed by atoms with van der Waals surface area (Å²) < 4.78 is 10.7. The molecule has 152 valence electrons. The van der Waals surface area contributed by atoms with Gasteiger partial charge in [0.1, 0.15) is 22.5 Å². The third-order valence-corrected chi connectivity index (χ3v) is 5.65. The fourth-order valence-corrected chi connectivity index (χ4v) is 4.18. The predicted molar refractivity (Wildman–Crippen MR) is 114 cm³/mol. The summed E-state index contributed by atoms with van der Waals surface area (Å²) in [6.45, 7) is 2.60. The average molecular weight is 456 g/mol. The van der Waals surface area contributed by atoms with Crippen molar-refractivity contribution in [2.45, 2.75) is 12.5 Å². The smallest absolute Gasteiger partial charge is 0.165 e. The van der Waals surface area contributed by atoms with Crippen LogP contribution in [0.5, 0.6) is 11.5 Å². The monoisotopic (exact) mass is 454 g/mol. The summed E-state index contributed by atoms with van der Waals surface area (Å²) in [5, 5.41) is 11.7. The lowest BCUT2D eigenvalue weighted by atomic mass is 9.96. The van der Waals surface area contributed by atoms with Gasteiger partial charge in [0.25, 0.3) is 0 Å². The van der Waals surface area contributed by atoms with Crippen LogP contribution in [-0.4, -0.2) is 53.0 Å². The first kappa shape index (κ1) is 20.2. The maximum Gasteiger partial charge on any atom is 0.165 e. The zero-order chi connectivity index (χ0) is 20.9. The molecule has 1 saturated heterocycles. The standard InChI is InChI=1S/C19H17Cl3N4O3/c1-19(27)7-26(8-19)18-9-4-13(20)23-6-10(9)24-17(25-18)14-15(21)11(28-2)5-12(29-3)16(14)22/h4-6,27H,7-8H2,1-3H3. The molecule has 29 heavy (non-hydrogen) atoms. The predicted octanol–water partition coefficient (Wildman–Crippen LogP) is 4.24. The van der Waals surface area contributed by atoms with E-state index >= 15 is 0 Å². The van der Waals surface area contributed by atoms with Crippen LogP contribution < -0.4 is 14.4 Å². The Balaban J connectivity index is 1.98. The second-order valence-corrected chi connectivity index (χ2v) is 8.18. The van der Waals surface area contributed by atoms with Gasteiger partial charge in [-0.15, -0.1) is 0 Å². The van der Waals surface area contributed by atoms with Gasteiger partial charge >= 0.3 is 0 Å². The van der Waals surface area contributed by atoms with Crippen LogP contribution in [0.3, 0.4) is 0 Å². The maximum absolute atomic E-state index is 10.2. The molecule has 3 heterocycles. The number of ether oxygens (including phenoxy) is 2. The van der Waals surface area contributed by atoms with Crippen LogP contribution in [0.2, 0.25) is 15.2 Å². The number of nitrogens with zero attached hydrogens (tertiary/aromatic N) is 4. The van der Waals surface area contributed by atoms with Crippen molar-refractivity contribution in [1.82, 2.24) is 15.0 Å². The number of hydrogen-bond donors (Lipinski definition) is 1. The van der Waals surface area contributed by atoms with Crippen molar-refractivity contribution in [2.75, 3.05) is 32.2 Å². The van der Waals surface area contributed by atoms with Crippen LogP contribution in [-0.2, 0) is 0 Å². The van der Waals surface area contributed by atoms with Crippen LogP contribution in [0, 0.1) is 0 Å². The summed E-state index contributed by atoms with van der Waals surface area (Å²) in [7, 11) is 3.00. The van der Waals surface area contributed by atoms with E-state index in [0.29, 0.717) is 52.0 Å². The SMILES string of the molecule is COc1cc(OC)c(Cl)c(-c2nc(N3CC(C)(O)C3)c3cc(Cl)ncc3n2)c1Cl. The Labute approximate surface area is 182 Å². The maximum atomic E-state index is 10.2. The van der Waals surface area contributed by atoms with Gasteiger partial charge in [0.05, 0.1) is 47.1 Å². The zero-order valence-corrected chi connectivity index (χ0v) is 18.1. The van der Waals surface area contributed by atoms with Crippen LogP contribution in [0.25, 0.3) is 22.3 Å². The molecular weight excluding hydrogens is 439 g/mol. The molecule has 0 aliphatic carbocycles. The van der Waals surface area contributed by atoms with E-state index in [9.17, 15) is 5.11 Å². The molecule has 1 aromatic carbocycles. The molecule has 1 fully saturated rings. The molecule has 0 radical (unpaired) electrons. The van der Waals surface area contributed by atoms with E-state index in [2.05, 4.69) is 9.97 Å². The van der Waals surface area contributed by atoms with Crippen molar-refractivity contribution < 1.29 is 14.6 Å². The minimum absolute atomic E-state index is 0.265. The molecule has 0 amide bonds. The fourth-order valence-electron chi connectivity index (χ4n) is 3.35. The van der Waals surface area contributed by atoms with Crippen LogP contribution in [0.15, 0.2) is 18.3 Å². The van der Waals surface area contributed by atoms with E-state index < -0.39 is 5.60 Å². The highest BCUT2D eigenvalue weighted by Gasteiger charge is 2.38. The topological polar surface area (TPSA) is 80.6 Å². The summed E-state index contributed by atoms with van der Waals surface area (Å²) in [5.74, 6) is 1.66. The number of fused-ring (bicyclic) bond motifs is 1. The fraction of sp³-hybridized carbons (Fsp3) is 0.316. The number of rotatable bonds is 4. The van der Waals surface area contributed by atoms with E-state index in [-0.39, 0.29) is 15.9 Å². The third kappa shape index (κ3) is 3.53. The Hall–Kier alpha value is -2.06. The summed E-state index contributed by atoms with van der Waals surface area (Å²) in [6, 6.07) is 3.29. The molecule has 0 bridgehead atoms. The Morgan fingerprint density at radius 3 is 2.21 bits per heavy atom. The van der Waals surface area contributed by atoms with Crippen LogP contribution in [0.4, 0.5) is 5.82 Å². The minimum Gasteiger partial charge on any atom is -0.495 e. The second-order valence-electron chi connectivity index (χ2n) is 7.03. The third-order valence-electron chi connectivity index (χ3n) is 4.69. The number of anilines is 1. The van der Waals surface area contributed by atoms with Crippen molar-refractivity contribution in [2.24, 2.45) is 0 Å². The molecule has 10 heteroatoms. The normalized spacial score (nSPS) is 15.3. The van der Waals surface area contributed by atoms with Gasteiger partial charge in [-0.25, -0.2) is 15.0 Å². The number of aromatic nitrogens is 3. The van der Waals surface area contributed by atoms with E-state index in [0.717, 1.165) is 0 Å². The van der Waals surface area contributed by atoms with Gasteiger partial charge in [-0.3, -0.25) is 0 Å². The number of aliphatic hydroxyl groups is 1. The van der Waals surface area contributed by atoms with Crippen molar-refractivity contribution in [3.8, 4) is 22.9 Å². The number of β-amino-alcohol motifs (C(OH)–C–C–N with tert-alkyl or cyclic N) is 1.